The Morgan fingerprint density at radius 1 is 0.377 bits per heavy atom. The minimum Gasteiger partial charge on any atom is -0.383 e. The van der Waals surface area contributed by atoms with Crippen LogP contribution in [0.2, 0.25) is 0 Å². The van der Waals surface area contributed by atoms with Crippen LogP contribution in [0.25, 0.3) is 0 Å². The van der Waals surface area contributed by atoms with E-state index in [4.69, 9.17) is 22.9 Å². The highest BCUT2D eigenvalue weighted by molar-refractivity contribution is 5.48. The summed E-state index contributed by atoms with van der Waals surface area (Å²) in [5.41, 5.74) is 17.0. The molecule has 0 bridgehead atoms. The lowest BCUT2D eigenvalue weighted by atomic mass is 9.80. The minimum absolute atomic E-state index is 0.00589. The van der Waals surface area contributed by atoms with E-state index in [0.29, 0.717) is 24.8 Å². The first-order chi connectivity index (χ1) is 34.4. The lowest BCUT2D eigenvalue weighted by Crippen LogP contribution is -2.39. The van der Waals surface area contributed by atoms with E-state index in [1.165, 1.54) is 0 Å². The first kappa shape index (κ1) is 68.9. The van der Waals surface area contributed by atoms with Gasteiger partial charge < -0.3 is 44.2 Å². The maximum absolute atomic E-state index is 12.6. The van der Waals surface area contributed by atoms with Crippen LogP contribution in [0, 0.1) is 33.5 Å². The van der Waals surface area contributed by atoms with E-state index in [1.807, 2.05) is 125 Å². The van der Waals surface area contributed by atoms with Gasteiger partial charge in [0.1, 0.15) is 45.5 Å². The number of hydrogen-bond acceptors (Lipinski definition) is 16. The summed E-state index contributed by atoms with van der Waals surface area (Å²) in [7, 11) is 0. The molecule has 0 fully saturated rings. The van der Waals surface area contributed by atoms with Gasteiger partial charge >= 0.3 is 24.7 Å². The zero-order valence-electron chi connectivity index (χ0n) is 46.9. The van der Waals surface area contributed by atoms with E-state index in [1.54, 1.807) is 0 Å². The van der Waals surface area contributed by atoms with Crippen LogP contribution in [-0.4, -0.2) is 64.0 Å². The number of halogens is 12. The average molecular weight is 1120 g/mol. The van der Waals surface area contributed by atoms with E-state index in [-0.39, 0.29) is 81.5 Å². The number of aromatic nitrogens is 8. The lowest BCUT2D eigenvalue weighted by Gasteiger charge is -2.34. The zero-order valence-corrected chi connectivity index (χ0v) is 46.9. The maximum atomic E-state index is 12.6. The van der Waals surface area contributed by atoms with Gasteiger partial charge in [0.05, 0.1) is 0 Å². The fourth-order valence-corrected chi connectivity index (χ4v) is 7.27. The van der Waals surface area contributed by atoms with E-state index in [2.05, 4.69) is 61.1 Å². The smallest absolute Gasteiger partial charge is 0.383 e. The van der Waals surface area contributed by atoms with Crippen LogP contribution >= 0.6 is 0 Å². The van der Waals surface area contributed by atoms with Crippen molar-refractivity contribution in [3.8, 4) is 0 Å². The van der Waals surface area contributed by atoms with Crippen LogP contribution < -0.4 is 44.2 Å². The molecule has 438 valence electrons. The Balaban J connectivity index is 0.000000514. The highest BCUT2D eigenvalue weighted by Gasteiger charge is 2.38. The summed E-state index contributed by atoms with van der Waals surface area (Å²) < 4.78 is 150. The molecule has 0 aliphatic heterocycles. The molecule has 4 aromatic rings. The molecule has 0 radical (unpaired) electrons. The number of anilines is 8. The molecule has 12 N–H and O–H groups in total. The molecule has 0 saturated heterocycles. The summed E-state index contributed by atoms with van der Waals surface area (Å²) in [6.45, 7) is 36.3. The summed E-state index contributed by atoms with van der Waals surface area (Å²) >= 11 is 0. The van der Waals surface area contributed by atoms with Gasteiger partial charge in [0.25, 0.3) is 0 Å². The summed E-state index contributed by atoms with van der Waals surface area (Å²) in [5, 5.41) is 12.1. The van der Waals surface area contributed by atoms with Crippen LogP contribution in [-0.2, 0) is 24.7 Å². The highest BCUT2D eigenvalue weighted by Crippen LogP contribution is 2.37. The number of nitrogens with two attached hydrogens (primary N) is 4. The van der Waals surface area contributed by atoms with Crippen molar-refractivity contribution in [2.24, 2.45) is 33.5 Å². The van der Waals surface area contributed by atoms with Gasteiger partial charge in [0.15, 0.2) is 0 Å². The van der Waals surface area contributed by atoms with E-state index in [0.717, 1.165) is 6.42 Å². The first-order valence-electron chi connectivity index (χ1n) is 24.3. The molecule has 4 aromatic heterocycles. The summed E-state index contributed by atoms with van der Waals surface area (Å²) in [6, 6.07) is 0.0644. The largest absolute Gasteiger partial charge is 0.421 e. The Hall–Kier alpha value is -6.12. The summed E-state index contributed by atoms with van der Waals surface area (Å²) in [5.74, 6) is -1.28. The fourth-order valence-electron chi connectivity index (χ4n) is 7.27. The van der Waals surface area contributed by atoms with Gasteiger partial charge in [-0.3, -0.25) is 0 Å². The number of alkyl halides is 12. The highest BCUT2D eigenvalue weighted by atomic mass is 19.4. The number of nitrogen functional groups attached to an aromatic ring is 4. The number of nitrogens with zero attached hydrogens (tertiary/aromatic N) is 8. The molecule has 0 aliphatic carbocycles. The molecule has 0 saturated carbocycles. The molecular formula is C49H78F12N16. The molecule has 4 rings (SSSR count). The van der Waals surface area contributed by atoms with Crippen LogP contribution in [0.1, 0.15) is 153 Å². The normalized spacial score (nSPS) is 14.4. The van der Waals surface area contributed by atoms with E-state index < -0.39 is 70.2 Å². The molecule has 0 unspecified atom stereocenters. The molecule has 77 heavy (non-hydrogen) atoms. The second-order valence-corrected chi connectivity index (χ2v) is 23.1. The molecule has 16 nitrogen and oxygen atoms in total. The maximum Gasteiger partial charge on any atom is 0.421 e. The fraction of sp³-hybridized carbons (Fsp3) is 0.673. The van der Waals surface area contributed by atoms with Gasteiger partial charge in [0.2, 0.25) is 23.8 Å². The van der Waals surface area contributed by atoms with Crippen molar-refractivity contribution in [1.29, 1.82) is 0 Å². The Bertz CT molecular complexity index is 2380. The predicted molar refractivity (Wildman–Crippen MR) is 279 cm³/mol. The second-order valence-electron chi connectivity index (χ2n) is 23.1. The summed E-state index contributed by atoms with van der Waals surface area (Å²) in [4.78, 5) is 29.5. The number of hydrogen-bond donors (Lipinski definition) is 8. The summed E-state index contributed by atoms with van der Waals surface area (Å²) in [6.07, 6.45) is -14.5. The Morgan fingerprint density at radius 3 is 0.779 bits per heavy atom. The van der Waals surface area contributed by atoms with E-state index >= 15 is 0 Å². The molecule has 0 spiro atoms. The van der Waals surface area contributed by atoms with Gasteiger partial charge in [-0.15, -0.1) is 0 Å². The Morgan fingerprint density at radius 2 is 0.610 bits per heavy atom. The molecule has 4 heterocycles. The second kappa shape index (κ2) is 26.0. The molecular weight excluding hydrogens is 1040 g/mol. The van der Waals surface area contributed by atoms with Crippen molar-refractivity contribution in [3.05, 3.63) is 47.0 Å². The van der Waals surface area contributed by atoms with Crippen molar-refractivity contribution in [3.63, 3.8) is 0 Å². The molecule has 4 atom stereocenters. The Kier molecular flexibility index (Phi) is 23.3. The SMILES string of the molecule is CC(C)[C@@H](Nc1ncc(C(F)(F)F)c(N)n1)C(C)(C)C.CC(C)[C@H](Nc1ncc(C(F)(F)F)c(N)n1)C(C)(C)C.CC[C@H](Nc1ncc(C(F)(F)F)c(N)n1)C(C)(C)C.C[C@H](Nc1ncc(C(F)(F)F)c(N)n1)C(C)(C)C. The van der Waals surface area contributed by atoms with Crippen LogP contribution in [0.4, 0.5) is 99.7 Å². The number of nitrogens with one attached hydrogen (secondary N) is 4. The average Bonchev–Trinajstić information content (AvgIpc) is 3.21. The third kappa shape index (κ3) is 22.4. The van der Waals surface area contributed by atoms with Crippen LogP contribution in [0.5, 0.6) is 0 Å². The molecule has 0 aromatic carbocycles. The van der Waals surface area contributed by atoms with Crippen molar-refractivity contribution in [2.45, 2.75) is 180 Å². The topological polar surface area (TPSA) is 255 Å². The van der Waals surface area contributed by atoms with Gasteiger partial charge in [-0.1, -0.05) is 118 Å². The van der Waals surface area contributed by atoms with Crippen LogP contribution in [0.15, 0.2) is 24.8 Å². The van der Waals surface area contributed by atoms with Gasteiger partial charge in [-0.25, -0.2) is 19.9 Å². The Labute approximate surface area is 443 Å². The van der Waals surface area contributed by atoms with Gasteiger partial charge in [-0.05, 0) is 46.8 Å². The van der Waals surface area contributed by atoms with Crippen molar-refractivity contribution < 1.29 is 52.7 Å². The number of rotatable bonds is 11. The minimum atomic E-state index is -4.54. The molecule has 28 heteroatoms. The van der Waals surface area contributed by atoms with Crippen LogP contribution in [0.3, 0.4) is 0 Å². The lowest BCUT2D eigenvalue weighted by molar-refractivity contribution is -0.138. The van der Waals surface area contributed by atoms with Gasteiger partial charge in [0, 0.05) is 49.0 Å². The molecule has 0 amide bonds. The van der Waals surface area contributed by atoms with Crippen molar-refractivity contribution in [1.82, 2.24) is 39.9 Å². The monoisotopic (exact) mass is 1120 g/mol. The van der Waals surface area contributed by atoms with Crippen molar-refractivity contribution in [2.75, 3.05) is 44.2 Å². The zero-order chi connectivity index (χ0) is 60.4. The predicted octanol–water partition coefficient (Wildman–Crippen LogP) is 13.4. The van der Waals surface area contributed by atoms with Gasteiger partial charge in [-0.2, -0.15) is 72.6 Å². The molecule has 0 aliphatic rings. The quantitative estimate of drug-likeness (QED) is 0.0650. The first-order valence-corrected chi connectivity index (χ1v) is 24.3. The third-order valence-electron chi connectivity index (χ3n) is 11.7. The van der Waals surface area contributed by atoms with E-state index in [9.17, 15) is 52.7 Å². The standard InChI is InChI=1S/2C13H21F3N4.C12H19F3N4.C11H17F3N4/c2*1-7(2)9(12(3,4)5)19-11-18-6-8(10(17)20-11)13(14,15)16;1-5-8(11(2,3)4)18-10-17-6-7(9(16)19-10)12(13,14)15;1-6(10(2,3)4)17-9-16-5-7(8(15)18-9)11(12,13)14/h2*6-7,9H,1-5H3,(H3,17,18,19,20);6,8H,5H2,1-4H3,(H3,16,17,18,19);5-6H,1-4H3,(H3,15,16,17,18)/t2*9-;8-;6-/m1000/s1. The van der Waals surface area contributed by atoms with Crippen molar-refractivity contribution >= 4 is 47.1 Å². The third-order valence-corrected chi connectivity index (χ3v) is 11.7.